The lowest BCUT2D eigenvalue weighted by atomic mass is 10.3. The van der Waals surface area contributed by atoms with Crippen LogP contribution in [0.2, 0.25) is 10.0 Å². The predicted molar refractivity (Wildman–Crippen MR) is 73.5 cm³/mol. The molecule has 1 N–H and O–H groups in total. The van der Waals surface area contributed by atoms with Crippen LogP contribution in [0.5, 0.6) is 5.75 Å². The minimum Gasteiger partial charge on any atom is -0.490 e. The van der Waals surface area contributed by atoms with Gasteiger partial charge in [-0.25, -0.2) is 0 Å². The molecule has 0 aliphatic heterocycles. The fraction of sp³-hybridized carbons (Fsp3) is 0.538. The lowest BCUT2D eigenvalue weighted by molar-refractivity contribution is -0.896. The summed E-state index contributed by atoms with van der Waals surface area (Å²) < 4.78 is 5.63. The molecule has 0 atom stereocenters. The number of rotatable bonds is 7. The monoisotopic (exact) mass is 276 g/mol. The molecular formula is C13H20Cl2NO+. The number of para-hydroxylation sites is 1. The Labute approximate surface area is 113 Å². The first-order valence-electron chi connectivity index (χ1n) is 6.09. The van der Waals surface area contributed by atoms with Crippen LogP contribution in [0.15, 0.2) is 18.2 Å². The van der Waals surface area contributed by atoms with E-state index in [2.05, 4.69) is 13.8 Å². The van der Waals surface area contributed by atoms with Gasteiger partial charge in [0.2, 0.25) is 0 Å². The third-order valence-electron chi connectivity index (χ3n) is 2.84. The van der Waals surface area contributed by atoms with E-state index in [1.807, 2.05) is 6.07 Å². The molecule has 0 radical (unpaired) electrons. The Morgan fingerprint density at radius 3 is 2.24 bits per heavy atom. The van der Waals surface area contributed by atoms with Crippen molar-refractivity contribution < 1.29 is 9.64 Å². The Balaban J connectivity index is 2.36. The van der Waals surface area contributed by atoms with E-state index in [0.717, 1.165) is 26.1 Å². The Morgan fingerprint density at radius 1 is 1.12 bits per heavy atom. The first kappa shape index (κ1) is 14.6. The number of hydrogen-bond acceptors (Lipinski definition) is 1. The highest BCUT2D eigenvalue weighted by Crippen LogP contribution is 2.32. The fourth-order valence-corrected chi connectivity index (χ4v) is 2.23. The molecule has 0 bridgehead atoms. The number of halogens is 2. The molecule has 0 fully saturated rings. The van der Waals surface area contributed by atoms with Gasteiger partial charge in [-0.1, -0.05) is 29.3 Å². The van der Waals surface area contributed by atoms with Gasteiger partial charge in [0.25, 0.3) is 0 Å². The third-order valence-corrected chi connectivity index (χ3v) is 3.44. The molecule has 0 saturated heterocycles. The number of ether oxygens (including phenoxy) is 1. The Kier molecular flexibility index (Phi) is 6.71. The van der Waals surface area contributed by atoms with Crippen molar-refractivity contribution in [3.8, 4) is 5.75 Å². The summed E-state index contributed by atoms with van der Waals surface area (Å²) in [6.07, 6.45) is 1.01. The van der Waals surface area contributed by atoms with Crippen LogP contribution in [0.4, 0.5) is 0 Å². The molecule has 0 spiro atoms. The molecule has 1 aromatic rings. The number of benzene rings is 1. The fourth-order valence-electron chi connectivity index (χ4n) is 1.72. The van der Waals surface area contributed by atoms with Crippen molar-refractivity contribution >= 4 is 23.2 Å². The molecule has 0 aliphatic carbocycles. The SMILES string of the molecule is CC[NH+](CC)CCCOc1c(Cl)cccc1Cl. The Morgan fingerprint density at radius 2 is 1.71 bits per heavy atom. The maximum absolute atomic E-state index is 6.01. The molecule has 0 aliphatic rings. The first-order valence-corrected chi connectivity index (χ1v) is 6.85. The Bertz CT molecular complexity index is 320. The molecule has 96 valence electrons. The second-order valence-corrected chi connectivity index (χ2v) is 4.77. The van der Waals surface area contributed by atoms with Crippen LogP contribution >= 0.6 is 23.2 Å². The number of hydrogen-bond donors (Lipinski definition) is 1. The van der Waals surface area contributed by atoms with Crippen molar-refractivity contribution in [2.24, 2.45) is 0 Å². The van der Waals surface area contributed by atoms with Crippen molar-refractivity contribution in [1.29, 1.82) is 0 Å². The lowest BCUT2D eigenvalue weighted by Gasteiger charge is -2.15. The van der Waals surface area contributed by atoms with E-state index in [1.165, 1.54) is 0 Å². The van der Waals surface area contributed by atoms with Crippen LogP contribution in [0.25, 0.3) is 0 Å². The van der Waals surface area contributed by atoms with E-state index in [4.69, 9.17) is 27.9 Å². The van der Waals surface area contributed by atoms with E-state index in [9.17, 15) is 0 Å². The van der Waals surface area contributed by atoms with E-state index in [-0.39, 0.29) is 0 Å². The maximum Gasteiger partial charge on any atom is 0.156 e. The van der Waals surface area contributed by atoms with Gasteiger partial charge in [0.05, 0.1) is 36.3 Å². The van der Waals surface area contributed by atoms with Gasteiger partial charge in [-0.2, -0.15) is 0 Å². The zero-order valence-corrected chi connectivity index (χ0v) is 11.9. The van der Waals surface area contributed by atoms with E-state index >= 15 is 0 Å². The average Bonchev–Trinajstić information content (AvgIpc) is 2.32. The van der Waals surface area contributed by atoms with Gasteiger partial charge in [0.15, 0.2) is 5.75 Å². The summed E-state index contributed by atoms with van der Waals surface area (Å²) in [6, 6.07) is 5.40. The first-order chi connectivity index (χ1) is 8.19. The summed E-state index contributed by atoms with van der Waals surface area (Å²) in [5.41, 5.74) is 0. The minimum absolute atomic E-state index is 0.577. The highest BCUT2D eigenvalue weighted by molar-refractivity contribution is 6.37. The van der Waals surface area contributed by atoms with Gasteiger partial charge in [0, 0.05) is 6.42 Å². The van der Waals surface area contributed by atoms with Gasteiger partial charge in [-0.05, 0) is 26.0 Å². The standard InChI is InChI=1S/C13H19Cl2NO/c1-3-16(4-2)9-6-10-17-13-11(14)7-5-8-12(13)15/h5,7-8H,3-4,6,9-10H2,1-2H3/p+1. The normalized spacial score (nSPS) is 10.9. The zero-order valence-electron chi connectivity index (χ0n) is 10.4. The Hall–Kier alpha value is -0.440. The lowest BCUT2D eigenvalue weighted by Crippen LogP contribution is -3.11. The molecule has 0 saturated carbocycles. The molecule has 0 heterocycles. The molecule has 2 nitrogen and oxygen atoms in total. The van der Waals surface area contributed by atoms with Crippen LogP contribution in [0, 0.1) is 0 Å². The van der Waals surface area contributed by atoms with Crippen molar-refractivity contribution in [3.05, 3.63) is 28.2 Å². The maximum atomic E-state index is 6.01. The summed E-state index contributed by atoms with van der Waals surface area (Å²) >= 11 is 12.0. The number of quaternary nitrogens is 1. The highest BCUT2D eigenvalue weighted by Gasteiger charge is 2.07. The van der Waals surface area contributed by atoms with Crippen LogP contribution in [0.1, 0.15) is 20.3 Å². The van der Waals surface area contributed by atoms with Gasteiger partial charge in [-0.15, -0.1) is 0 Å². The van der Waals surface area contributed by atoms with E-state index in [0.29, 0.717) is 22.4 Å². The summed E-state index contributed by atoms with van der Waals surface area (Å²) in [5.74, 6) is 0.602. The smallest absolute Gasteiger partial charge is 0.156 e. The average molecular weight is 277 g/mol. The van der Waals surface area contributed by atoms with E-state index in [1.54, 1.807) is 17.0 Å². The molecule has 0 unspecified atom stereocenters. The van der Waals surface area contributed by atoms with Crippen molar-refractivity contribution in [2.75, 3.05) is 26.2 Å². The van der Waals surface area contributed by atoms with Crippen LogP contribution in [-0.4, -0.2) is 26.2 Å². The molecule has 17 heavy (non-hydrogen) atoms. The summed E-state index contributed by atoms with van der Waals surface area (Å²) in [6.45, 7) is 8.49. The second-order valence-electron chi connectivity index (χ2n) is 3.96. The van der Waals surface area contributed by atoms with Crippen LogP contribution in [-0.2, 0) is 0 Å². The second kappa shape index (κ2) is 7.80. The van der Waals surface area contributed by atoms with Gasteiger partial charge < -0.3 is 9.64 Å². The minimum atomic E-state index is 0.577. The van der Waals surface area contributed by atoms with Gasteiger partial charge >= 0.3 is 0 Å². The topological polar surface area (TPSA) is 13.7 Å². The van der Waals surface area contributed by atoms with Crippen molar-refractivity contribution in [3.63, 3.8) is 0 Å². The highest BCUT2D eigenvalue weighted by atomic mass is 35.5. The zero-order chi connectivity index (χ0) is 12.7. The number of nitrogens with one attached hydrogen (secondary N) is 1. The summed E-state index contributed by atoms with van der Waals surface area (Å²) in [7, 11) is 0. The quantitative estimate of drug-likeness (QED) is 0.756. The third kappa shape index (κ3) is 4.74. The predicted octanol–water partition coefficient (Wildman–Crippen LogP) is 2.69. The molecule has 4 heteroatoms. The summed E-state index contributed by atoms with van der Waals surface area (Å²) in [5, 5.41) is 1.15. The van der Waals surface area contributed by atoms with E-state index < -0.39 is 0 Å². The van der Waals surface area contributed by atoms with Crippen LogP contribution in [0.3, 0.4) is 0 Å². The molecule has 1 rings (SSSR count). The molecule has 1 aromatic carbocycles. The largest absolute Gasteiger partial charge is 0.490 e. The van der Waals surface area contributed by atoms with Crippen LogP contribution < -0.4 is 9.64 Å². The van der Waals surface area contributed by atoms with Gasteiger partial charge in [0.1, 0.15) is 0 Å². The van der Waals surface area contributed by atoms with Crippen molar-refractivity contribution in [2.45, 2.75) is 20.3 Å². The van der Waals surface area contributed by atoms with Gasteiger partial charge in [-0.3, -0.25) is 0 Å². The summed E-state index contributed by atoms with van der Waals surface area (Å²) in [4.78, 5) is 1.58. The molecular weight excluding hydrogens is 257 g/mol. The molecule has 0 amide bonds. The molecule has 0 aromatic heterocycles. The van der Waals surface area contributed by atoms with Crippen molar-refractivity contribution in [1.82, 2.24) is 0 Å².